The highest BCUT2D eigenvalue weighted by molar-refractivity contribution is 7.89. The Morgan fingerprint density at radius 2 is 1.93 bits per heavy atom. The zero-order valence-electron chi connectivity index (χ0n) is 15.1. The summed E-state index contributed by atoms with van der Waals surface area (Å²) < 4.78 is 32.5. The normalized spacial score (nSPS) is 13.4. The summed E-state index contributed by atoms with van der Waals surface area (Å²) in [5.41, 5.74) is 3.52. The molecule has 144 valence electrons. The molecule has 0 spiro atoms. The van der Waals surface area contributed by atoms with Crippen LogP contribution in [-0.2, 0) is 39.3 Å². The number of fused-ring (bicyclic) bond motifs is 1. The van der Waals surface area contributed by atoms with Gasteiger partial charge in [0.1, 0.15) is 0 Å². The fraction of sp³-hybridized carbons (Fsp3) is 0.316. The Morgan fingerprint density at radius 1 is 1.11 bits per heavy atom. The third-order valence-corrected chi connectivity index (χ3v) is 5.61. The van der Waals surface area contributed by atoms with Crippen molar-refractivity contribution in [3.05, 3.63) is 59.2 Å². The number of rotatable bonds is 8. The second kappa shape index (κ2) is 8.62. The van der Waals surface area contributed by atoms with Crippen molar-refractivity contribution < 1.29 is 17.9 Å². The number of sulfonamides is 1. The van der Waals surface area contributed by atoms with E-state index in [1.165, 1.54) is 6.07 Å². The van der Waals surface area contributed by atoms with Crippen LogP contribution in [0.25, 0.3) is 0 Å². The molecule has 0 unspecified atom stereocenters. The second-order valence-corrected chi connectivity index (χ2v) is 8.04. The smallest absolute Gasteiger partial charge is 0.241 e. The molecule has 7 nitrogen and oxygen atoms in total. The molecule has 1 aliphatic rings. The molecule has 0 saturated carbocycles. The zero-order chi connectivity index (χ0) is 19.3. The fourth-order valence-corrected chi connectivity index (χ4v) is 3.83. The molecule has 8 heteroatoms. The van der Waals surface area contributed by atoms with E-state index in [1.807, 2.05) is 25.1 Å². The minimum atomic E-state index is -3.77. The van der Waals surface area contributed by atoms with E-state index in [9.17, 15) is 13.2 Å². The summed E-state index contributed by atoms with van der Waals surface area (Å²) >= 11 is 0. The summed E-state index contributed by atoms with van der Waals surface area (Å²) in [6.45, 7) is 4.14. The van der Waals surface area contributed by atoms with Crippen LogP contribution in [0.1, 0.15) is 23.6 Å². The van der Waals surface area contributed by atoms with Crippen LogP contribution in [0.5, 0.6) is 0 Å². The maximum absolute atomic E-state index is 12.4. The van der Waals surface area contributed by atoms with Crippen molar-refractivity contribution in [1.29, 1.82) is 0 Å². The van der Waals surface area contributed by atoms with Gasteiger partial charge in [-0.2, -0.15) is 0 Å². The van der Waals surface area contributed by atoms with Crippen molar-refractivity contribution in [2.24, 2.45) is 0 Å². The summed E-state index contributed by atoms with van der Waals surface area (Å²) in [4.78, 5) is 12.3. The van der Waals surface area contributed by atoms with Gasteiger partial charge < -0.3 is 15.4 Å². The molecule has 3 rings (SSSR count). The second-order valence-electron chi connectivity index (χ2n) is 6.28. The first-order valence-corrected chi connectivity index (χ1v) is 10.2. The van der Waals surface area contributed by atoms with Gasteiger partial charge in [0.05, 0.1) is 24.7 Å². The first-order chi connectivity index (χ1) is 13.0. The van der Waals surface area contributed by atoms with Gasteiger partial charge in [-0.15, -0.1) is 0 Å². The molecule has 1 amide bonds. The third-order valence-electron chi connectivity index (χ3n) is 4.22. The maximum Gasteiger partial charge on any atom is 0.241 e. The average molecular weight is 389 g/mol. The van der Waals surface area contributed by atoms with Gasteiger partial charge in [0, 0.05) is 12.2 Å². The molecule has 0 bridgehead atoms. The third kappa shape index (κ3) is 5.14. The van der Waals surface area contributed by atoms with Crippen molar-refractivity contribution >= 4 is 21.6 Å². The maximum atomic E-state index is 12.4. The molecule has 3 N–H and O–H groups in total. The van der Waals surface area contributed by atoms with Crippen LogP contribution in [-0.4, -0.2) is 27.4 Å². The molecule has 2 aromatic carbocycles. The molecule has 1 aliphatic heterocycles. The van der Waals surface area contributed by atoms with Gasteiger partial charge in [0.25, 0.3) is 0 Å². The largest absolute Gasteiger partial charge is 0.372 e. The Labute approximate surface area is 159 Å². The minimum absolute atomic E-state index is 0.132. The SMILES string of the molecule is CCNCc1cccc(NC(=O)CNS(=O)(=O)c2ccc3c(c2)COC3)c1. The molecule has 0 saturated heterocycles. The molecule has 1 heterocycles. The first kappa shape index (κ1) is 19.5. The quantitative estimate of drug-likeness (QED) is 0.639. The van der Waals surface area contributed by atoms with Gasteiger partial charge in [-0.1, -0.05) is 25.1 Å². The van der Waals surface area contributed by atoms with E-state index in [2.05, 4.69) is 15.4 Å². The van der Waals surface area contributed by atoms with Gasteiger partial charge in [0.15, 0.2) is 0 Å². The van der Waals surface area contributed by atoms with E-state index in [1.54, 1.807) is 18.2 Å². The number of nitrogens with one attached hydrogen (secondary N) is 3. The van der Waals surface area contributed by atoms with Gasteiger partial charge in [0.2, 0.25) is 15.9 Å². The fourth-order valence-electron chi connectivity index (χ4n) is 2.79. The van der Waals surface area contributed by atoms with Crippen molar-refractivity contribution in [3.63, 3.8) is 0 Å². The van der Waals surface area contributed by atoms with E-state index in [0.717, 1.165) is 23.2 Å². The summed E-state index contributed by atoms with van der Waals surface area (Å²) in [6, 6.07) is 12.3. The van der Waals surface area contributed by atoms with Crippen LogP contribution >= 0.6 is 0 Å². The molecule has 0 fully saturated rings. The topological polar surface area (TPSA) is 96.5 Å². The Bertz CT molecular complexity index is 928. The van der Waals surface area contributed by atoms with Gasteiger partial charge in [-0.25, -0.2) is 13.1 Å². The molecule has 2 aromatic rings. The predicted molar refractivity (Wildman–Crippen MR) is 103 cm³/mol. The van der Waals surface area contributed by atoms with Gasteiger partial charge in [-0.3, -0.25) is 4.79 Å². The Balaban J connectivity index is 1.58. The number of benzene rings is 2. The Kier molecular flexibility index (Phi) is 6.22. The molecule has 0 atom stereocenters. The molecule has 27 heavy (non-hydrogen) atoms. The average Bonchev–Trinajstić information content (AvgIpc) is 3.13. The highest BCUT2D eigenvalue weighted by Gasteiger charge is 2.19. The molecule has 0 aliphatic carbocycles. The summed E-state index contributed by atoms with van der Waals surface area (Å²) in [5.74, 6) is -0.427. The van der Waals surface area contributed by atoms with E-state index in [4.69, 9.17) is 4.74 Å². The number of carbonyl (C=O) groups is 1. The number of hydrogen-bond donors (Lipinski definition) is 3. The van der Waals surface area contributed by atoms with Gasteiger partial charge >= 0.3 is 0 Å². The summed E-state index contributed by atoms with van der Waals surface area (Å²) in [5, 5.41) is 5.92. The van der Waals surface area contributed by atoms with E-state index >= 15 is 0 Å². The van der Waals surface area contributed by atoms with Crippen LogP contribution in [0.4, 0.5) is 5.69 Å². The van der Waals surface area contributed by atoms with Gasteiger partial charge in [-0.05, 0) is 47.5 Å². The summed E-state index contributed by atoms with van der Waals surface area (Å²) in [7, 11) is -3.77. The van der Waals surface area contributed by atoms with Crippen LogP contribution in [0, 0.1) is 0 Å². The molecule has 0 aromatic heterocycles. The van der Waals surface area contributed by atoms with Crippen molar-refractivity contribution in [2.45, 2.75) is 31.6 Å². The van der Waals surface area contributed by atoms with Crippen LogP contribution in [0.2, 0.25) is 0 Å². The van der Waals surface area contributed by atoms with Crippen LogP contribution in [0.15, 0.2) is 47.4 Å². The van der Waals surface area contributed by atoms with E-state index in [-0.39, 0.29) is 11.4 Å². The lowest BCUT2D eigenvalue weighted by Crippen LogP contribution is -2.33. The van der Waals surface area contributed by atoms with Crippen LogP contribution < -0.4 is 15.4 Å². The number of ether oxygens (including phenoxy) is 1. The lowest BCUT2D eigenvalue weighted by molar-refractivity contribution is -0.115. The molecular weight excluding hydrogens is 366 g/mol. The number of amides is 1. The highest BCUT2D eigenvalue weighted by Crippen LogP contribution is 2.22. The predicted octanol–water partition coefficient (Wildman–Crippen LogP) is 1.74. The van der Waals surface area contributed by atoms with Crippen molar-refractivity contribution in [3.8, 4) is 0 Å². The number of hydrogen-bond acceptors (Lipinski definition) is 5. The lowest BCUT2D eigenvalue weighted by Gasteiger charge is -2.10. The minimum Gasteiger partial charge on any atom is -0.372 e. The van der Waals surface area contributed by atoms with E-state index in [0.29, 0.717) is 25.4 Å². The monoisotopic (exact) mass is 389 g/mol. The van der Waals surface area contributed by atoms with E-state index < -0.39 is 15.9 Å². The molecular formula is C19H23N3O4S. The van der Waals surface area contributed by atoms with Crippen LogP contribution in [0.3, 0.4) is 0 Å². The van der Waals surface area contributed by atoms with Crippen molar-refractivity contribution in [2.75, 3.05) is 18.4 Å². The highest BCUT2D eigenvalue weighted by atomic mass is 32.2. The Morgan fingerprint density at radius 3 is 2.74 bits per heavy atom. The van der Waals surface area contributed by atoms with Crippen molar-refractivity contribution in [1.82, 2.24) is 10.0 Å². The Hall–Kier alpha value is -2.26. The lowest BCUT2D eigenvalue weighted by atomic mass is 10.1. The zero-order valence-corrected chi connectivity index (χ0v) is 15.9. The number of anilines is 1. The standard InChI is InChI=1S/C19H23N3O4S/c1-2-20-10-14-4-3-5-17(8-14)22-19(23)11-21-27(24,25)18-7-6-15-12-26-13-16(15)9-18/h3-9,20-21H,2,10-13H2,1H3,(H,22,23). The summed E-state index contributed by atoms with van der Waals surface area (Å²) in [6.07, 6.45) is 0. The first-order valence-electron chi connectivity index (χ1n) is 8.76. The molecule has 0 radical (unpaired) electrons. The number of carbonyl (C=O) groups excluding carboxylic acids is 1.